The Morgan fingerprint density at radius 3 is 2.54 bits per heavy atom. The van der Waals surface area contributed by atoms with Crippen LogP contribution in [0, 0.1) is 28.6 Å². The fourth-order valence-corrected chi connectivity index (χ4v) is 6.90. The van der Waals surface area contributed by atoms with Crippen molar-refractivity contribution in [2.45, 2.75) is 84.5 Å². The summed E-state index contributed by atoms with van der Waals surface area (Å²) >= 11 is 0. The first kappa shape index (κ1) is 18.4. The lowest BCUT2D eigenvalue weighted by molar-refractivity contribution is -0.242. The van der Waals surface area contributed by atoms with Crippen molar-refractivity contribution in [3.8, 4) is 0 Å². The predicted molar refractivity (Wildman–Crippen MR) is 102 cm³/mol. The van der Waals surface area contributed by atoms with Gasteiger partial charge < -0.3 is 9.84 Å². The number of aliphatic hydroxyl groups is 1. The minimum absolute atomic E-state index is 0.0132. The molecule has 4 rings (SSSR count). The highest BCUT2D eigenvalue weighted by molar-refractivity contribution is 5.91. The van der Waals surface area contributed by atoms with Crippen LogP contribution in [0.15, 0.2) is 23.8 Å². The average Bonchev–Trinajstić information content (AvgIpc) is 2.83. The van der Waals surface area contributed by atoms with Gasteiger partial charge in [0.2, 0.25) is 0 Å². The van der Waals surface area contributed by atoms with Crippen LogP contribution in [0.4, 0.5) is 0 Å². The molecule has 0 spiro atoms. The van der Waals surface area contributed by atoms with Crippen LogP contribution in [0.2, 0.25) is 0 Å². The van der Waals surface area contributed by atoms with Crippen LogP contribution in [0.5, 0.6) is 0 Å². The third-order valence-corrected chi connectivity index (χ3v) is 8.36. The summed E-state index contributed by atoms with van der Waals surface area (Å²) in [5, 5.41) is 10.4. The van der Waals surface area contributed by atoms with Crippen molar-refractivity contribution in [2.24, 2.45) is 28.6 Å². The van der Waals surface area contributed by atoms with E-state index in [0.717, 1.165) is 19.3 Å². The molecule has 0 saturated heterocycles. The van der Waals surface area contributed by atoms with Crippen LogP contribution in [-0.2, 0) is 9.53 Å². The second-order valence-electron chi connectivity index (χ2n) is 10.2. The number of carbonyl (C=O) groups excluding carboxylic acids is 1. The quantitative estimate of drug-likeness (QED) is 0.570. The molecule has 26 heavy (non-hydrogen) atoms. The third kappa shape index (κ3) is 2.65. The minimum atomic E-state index is -1.15. The van der Waals surface area contributed by atoms with Crippen LogP contribution in [0.3, 0.4) is 0 Å². The highest BCUT2D eigenvalue weighted by atomic mass is 16.6. The number of ketones is 1. The van der Waals surface area contributed by atoms with Crippen molar-refractivity contribution in [2.75, 3.05) is 0 Å². The zero-order valence-corrected chi connectivity index (χ0v) is 16.8. The van der Waals surface area contributed by atoms with Crippen molar-refractivity contribution in [3.63, 3.8) is 0 Å². The van der Waals surface area contributed by atoms with Gasteiger partial charge in [0.25, 0.3) is 0 Å². The molecule has 1 N–H and O–H groups in total. The Kier molecular flexibility index (Phi) is 4.10. The Balaban J connectivity index is 1.77. The van der Waals surface area contributed by atoms with E-state index in [9.17, 15) is 9.90 Å². The molecule has 0 heterocycles. The van der Waals surface area contributed by atoms with E-state index in [1.165, 1.54) is 30.4 Å². The van der Waals surface area contributed by atoms with Crippen LogP contribution in [0.1, 0.15) is 72.6 Å². The van der Waals surface area contributed by atoms with E-state index in [0.29, 0.717) is 24.2 Å². The highest BCUT2D eigenvalue weighted by Crippen LogP contribution is 2.66. The average molecular weight is 359 g/mol. The Bertz CT molecular complexity index is 669. The third-order valence-electron chi connectivity index (χ3n) is 8.36. The Labute approximate surface area is 157 Å². The van der Waals surface area contributed by atoms with Crippen molar-refractivity contribution >= 4 is 5.78 Å². The van der Waals surface area contributed by atoms with Crippen molar-refractivity contribution in [1.29, 1.82) is 0 Å². The summed E-state index contributed by atoms with van der Waals surface area (Å²) in [5.41, 5.74) is 3.01. The molecule has 3 saturated carbocycles. The largest absolute Gasteiger partial charge is 0.366 e. The summed E-state index contributed by atoms with van der Waals surface area (Å²) in [4.78, 5) is 12.1. The zero-order chi connectivity index (χ0) is 18.9. The standard InChI is InChI=1S/C23H34O3/c1-14-6-7-17-20-18(9-11-22(14,17)4)23(5)10-8-16(24)12-15(23)13-19(20)26-21(2,3)25/h12,17-20,25H,1,6-11,13H2,2-5H3/t17?,18?,19?,20?,22-,23+/m1/s1. The first-order valence-electron chi connectivity index (χ1n) is 10.4. The lowest BCUT2D eigenvalue weighted by Gasteiger charge is -2.60. The van der Waals surface area contributed by atoms with Gasteiger partial charge >= 0.3 is 0 Å². The summed E-state index contributed by atoms with van der Waals surface area (Å²) in [6.45, 7) is 12.7. The maximum absolute atomic E-state index is 12.1. The molecule has 0 aliphatic heterocycles. The summed E-state index contributed by atoms with van der Waals surface area (Å²) in [6.07, 6.45) is 9.00. The smallest absolute Gasteiger partial charge is 0.160 e. The molecule has 3 nitrogen and oxygen atoms in total. The first-order chi connectivity index (χ1) is 12.0. The number of ether oxygens (including phenoxy) is 1. The molecule has 0 aromatic carbocycles. The first-order valence-corrected chi connectivity index (χ1v) is 10.4. The van der Waals surface area contributed by atoms with Crippen LogP contribution in [-0.4, -0.2) is 22.8 Å². The molecule has 0 radical (unpaired) electrons. The van der Waals surface area contributed by atoms with Gasteiger partial charge in [0.1, 0.15) is 0 Å². The molecular weight excluding hydrogens is 324 g/mol. The molecule has 3 fully saturated rings. The molecule has 4 unspecified atom stereocenters. The van der Waals surface area contributed by atoms with Gasteiger partial charge in [-0.05, 0) is 87.0 Å². The SMILES string of the molecule is C=C1CCC2C3C(OC(C)(C)O)CC4=CC(=O)CC[C@]4(C)C3CC[C@]12C. The van der Waals surface area contributed by atoms with E-state index in [4.69, 9.17) is 4.74 Å². The second kappa shape index (κ2) is 5.78. The molecule has 0 amide bonds. The number of rotatable bonds is 2. The van der Waals surface area contributed by atoms with E-state index < -0.39 is 5.79 Å². The number of allylic oxidation sites excluding steroid dienone is 1. The van der Waals surface area contributed by atoms with E-state index in [-0.39, 0.29) is 22.7 Å². The van der Waals surface area contributed by atoms with Gasteiger partial charge in [0.05, 0.1) is 6.10 Å². The number of hydrogen-bond donors (Lipinski definition) is 1. The van der Waals surface area contributed by atoms with Gasteiger partial charge in [-0.3, -0.25) is 4.79 Å². The predicted octanol–water partition coefficient (Wildman–Crippen LogP) is 4.80. The summed E-state index contributed by atoms with van der Waals surface area (Å²) in [6, 6.07) is 0. The van der Waals surface area contributed by atoms with Gasteiger partial charge in [0, 0.05) is 6.42 Å². The lowest BCUT2D eigenvalue weighted by atomic mass is 9.46. The van der Waals surface area contributed by atoms with Crippen molar-refractivity contribution in [1.82, 2.24) is 0 Å². The monoisotopic (exact) mass is 358 g/mol. The zero-order valence-electron chi connectivity index (χ0n) is 16.8. The van der Waals surface area contributed by atoms with Gasteiger partial charge in [-0.1, -0.05) is 31.6 Å². The topological polar surface area (TPSA) is 46.5 Å². The van der Waals surface area contributed by atoms with Crippen LogP contribution < -0.4 is 0 Å². The number of hydrogen-bond acceptors (Lipinski definition) is 3. The molecule has 0 aromatic heterocycles. The van der Waals surface area contributed by atoms with Crippen molar-refractivity contribution in [3.05, 3.63) is 23.8 Å². The summed E-state index contributed by atoms with van der Waals surface area (Å²) in [5.74, 6) is 0.665. The fraction of sp³-hybridized carbons (Fsp3) is 0.783. The summed E-state index contributed by atoms with van der Waals surface area (Å²) < 4.78 is 6.24. The van der Waals surface area contributed by atoms with E-state index >= 15 is 0 Å². The second-order valence-corrected chi connectivity index (χ2v) is 10.2. The Hall–Kier alpha value is -0.930. The molecule has 4 aliphatic rings. The minimum Gasteiger partial charge on any atom is -0.366 e. The molecule has 4 aliphatic carbocycles. The lowest BCUT2D eigenvalue weighted by Crippen LogP contribution is -2.56. The summed E-state index contributed by atoms with van der Waals surface area (Å²) in [7, 11) is 0. The Morgan fingerprint density at radius 2 is 1.85 bits per heavy atom. The van der Waals surface area contributed by atoms with Crippen LogP contribution >= 0.6 is 0 Å². The molecule has 144 valence electrons. The normalized spacial score (nSPS) is 45.7. The molecule has 6 atom stereocenters. The maximum atomic E-state index is 12.1. The van der Waals surface area contributed by atoms with E-state index in [1.54, 1.807) is 13.8 Å². The Morgan fingerprint density at radius 1 is 1.15 bits per heavy atom. The van der Waals surface area contributed by atoms with Gasteiger partial charge in [-0.25, -0.2) is 0 Å². The maximum Gasteiger partial charge on any atom is 0.160 e. The number of fused-ring (bicyclic) bond motifs is 5. The van der Waals surface area contributed by atoms with Gasteiger partial charge in [0.15, 0.2) is 11.6 Å². The molecule has 0 bridgehead atoms. The van der Waals surface area contributed by atoms with Gasteiger partial charge in [-0.15, -0.1) is 0 Å². The fourth-order valence-electron chi connectivity index (χ4n) is 6.90. The van der Waals surface area contributed by atoms with E-state index in [2.05, 4.69) is 20.4 Å². The van der Waals surface area contributed by atoms with E-state index in [1.807, 2.05) is 6.08 Å². The molecular formula is C23H34O3. The molecule has 3 heteroatoms. The van der Waals surface area contributed by atoms with Crippen LogP contribution in [0.25, 0.3) is 0 Å². The van der Waals surface area contributed by atoms with Crippen molar-refractivity contribution < 1.29 is 14.6 Å². The highest BCUT2D eigenvalue weighted by Gasteiger charge is 2.60. The number of carbonyl (C=O) groups is 1. The van der Waals surface area contributed by atoms with Gasteiger partial charge in [-0.2, -0.15) is 0 Å². The molecule has 0 aromatic rings.